The minimum atomic E-state index is 0.0557. The number of methoxy groups -OCH3 is 1. The summed E-state index contributed by atoms with van der Waals surface area (Å²) in [6, 6.07) is 7.81. The standard InChI is InChI=1S/C18H30N2O3/c1-4-20(5-2)12-14-23-13-11-19-18(21)10-9-16-7-6-8-17(15-16)22-3/h6-8,15H,4-5,9-14H2,1-3H3,(H,19,21). The van der Waals surface area contributed by atoms with E-state index in [9.17, 15) is 4.79 Å². The zero-order valence-electron chi connectivity index (χ0n) is 14.6. The second-order valence-corrected chi connectivity index (χ2v) is 5.34. The Bertz CT molecular complexity index is 448. The third kappa shape index (κ3) is 8.57. The van der Waals surface area contributed by atoms with Crippen molar-refractivity contribution in [2.75, 3.05) is 46.5 Å². The number of nitrogens with zero attached hydrogens (tertiary/aromatic N) is 1. The van der Waals surface area contributed by atoms with Gasteiger partial charge in [-0.15, -0.1) is 0 Å². The van der Waals surface area contributed by atoms with Gasteiger partial charge in [-0.3, -0.25) is 4.79 Å². The Morgan fingerprint density at radius 3 is 2.70 bits per heavy atom. The topological polar surface area (TPSA) is 50.8 Å². The van der Waals surface area contributed by atoms with Gasteiger partial charge >= 0.3 is 0 Å². The molecule has 1 amide bonds. The minimum absolute atomic E-state index is 0.0557. The summed E-state index contributed by atoms with van der Waals surface area (Å²) in [4.78, 5) is 14.1. The molecule has 0 saturated heterocycles. The number of hydrogen-bond acceptors (Lipinski definition) is 4. The number of benzene rings is 1. The SMILES string of the molecule is CCN(CC)CCOCCNC(=O)CCc1cccc(OC)c1. The molecule has 5 nitrogen and oxygen atoms in total. The number of likely N-dealkylation sites (N-methyl/N-ethyl adjacent to an activating group) is 1. The number of amides is 1. The van der Waals surface area contributed by atoms with E-state index in [4.69, 9.17) is 9.47 Å². The van der Waals surface area contributed by atoms with E-state index in [0.717, 1.165) is 30.9 Å². The summed E-state index contributed by atoms with van der Waals surface area (Å²) in [7, 11) is 1.64. The summed E-state index contributed by atoms with van der Waals surface area (Å²) in [5.74, 6) is 0.879. The van der Waals surface area contributed by atoms with E-state index >= 15 is 0 Å². The molecule has 1 aromatic rings. The Labute approximate surface area is 140 Å². The molecule has 130 valence electrons. The van der Waals surface area contributed by atoms with Gasteiger partial charge in [0.1, 0.15) is 5.75 Å². The van der Waals surface area contributed by atoms with Crippen molar-refractivity contribution < 1.29 is 14.3 Å². The van der Waals surface area contributed by atoms with Crippen LogP contribution < -0.4 is 10.1 Å². The zero-order valence-corrected chi connectivity index (χ0v) is 14.6. The molecular weight excluding hydrogens is 292 g/mol. The molecule has 0 aliphatic heterocycles. The van der Waals surface area contributed by atoms with Crippen LogP contribution in [0.25, 0.3) is 0 Å². The summed E-state index contributed by atoms with van der Waals surface area (Å²) in [5.41, 5.74) is 1.11. The molecule has 0 unspecified atom stereocenters. The van der Waals surface area contributed by atoms with Gasteiger partial charge in [0, 0.05) is 19.5 Å². The van der Waals surface area contributed by atoms with Crippen molar-refractivity contribution in [1.29, 1.82) is 0 Å². The van der Waals surface area contributed by atoms with Crippen LogP contribution in [0.1, 0.15) is 25.8 Å². The van der Waals surface area contributed by atoms with Crippen molar-refractivity contribution in [2.45, 2.75) is 26.7 Å². The first-order valence-corrected chi connectivity index (χ1v) is 8.39. The van der Waals surface area contributed by atoms with E-state index in [2.05, 4.69) is 24.1 Å². The molecule has 0 fully saturated rings. The van der Waals surface area contributed by atoms with Gasteiger partial charge in [0.25, 0.3) is 0 Å². The quantitative estimate of drug-likeness (QED) is 0.599. The Morgan fingerprint density at radius 1 is 1.22 bits per heavy atom. The number of hydrogen-bond donors (Lipinski definition) is 1. The Kier molecular flexibility index (Phi) is 10.1. The van der Waals surface area contributed by atoms with E-state index in [1.165, 1.54) is 0 Å². The maximum absolute atomic E-state index is 11.8. The fraction of sp³-hybridized carbons (Fsp3) is 0.611. The molecule has 0 heterocycles. The third-order valence-electron chi connectivity index (χ3n) is 3.79. The second-order valence-electron chi connectivity index (χ2n) is 5.34. The smallest absolute Gasteiger partial charge is 0.220 e. The third-order valence-corrected chi connectivity index (χ3v) is 3.79. The zero-order chi connectivity index (χ0) is 16.9. The van der Waals surface area contributed by atoms with E-state index in [1.54, 1.807) is 7.11 Å². The summed E-state index contributed by atoms with van der Waals surface area (Å²) < 4.78 is 10.7. The number of aryl methyl sites for hydroxylation is 1. The monoisotopic (exact) mass is 322 g/mol. The number of ether oxygens (including phenoxy) is 2. The van der Waals surface area contributed by atoms with Crippen LogP contribution in [-0.2, 0) is 16.0 Å². The van der Waals surface area contributed by atoms with Crippen LogP contribution in [0.15, 0.2) is 24.3 Å². The lowest BCUT2D eigenvalue weighted by Crippen LogP contribution is -2.30. The Balaban J connectivity index is 2.08. The fourth-order valence-electron chi connectivity index (χ4n) is 2.27. The molecule has 0 aliphatic rings. The molecule has 0 saturated carbocycles. The van der Waals surface area contributed by atoms with Crippen molar-refractivity contribution >= 4 is 5.91 Å². The van der Waals surface area contributed by atoms with Gasteiger partial charge in [0.05, 0.1) is 20.3 Å². The van der Waals surface area contributed by atoms with Gasteiger partial charge in [0.15, 0.2) is 0 Å². The number of nitrogens with one attached hydrogen (secondary N) is 1. The first-order chi connectivity index (χ1) is 11.2. The number of carbonyl (C=O) groups is 1. The molecule has 0 aliphatic carbocycles. The molecule has 1 N–H and O–H groups in total. The highest BCUT2D eigenvalue weighted by Gasteiger charge is 2.03. The van der Waals surface area contributed by atoms with Gasteiger partial charge in [-0.1, -0.05) is 26.0 Å². The highest BCUT2D eigenvalue weighted by molar-refractivity contribution is 5.76. The highest BCUT2D eigenvalue weighted by Crippen LogP contribution is 2.13. The minimum Gasteiger partial charge on any atom is -0.497 e. The fourth-order valence-corrected chi connectivity index (χ4v) is 2.27. The molecule has 0 spiro atoms. The molecule has 1 aromatic carbocycles. The average molecular weight is 322 g/mol. The molecule has 0 bridgehead atoms. The van der Waals surface area contributed by atoms with Gasteiger partial charge in [0.2, 0.25) is 5.91 Å². The molecule has 5 heteroatoms. The van der Waals surface area contributed by atoms with Crippen LogP contribution in [-0.4, -0.2) is 57.3 Å². The largest absolute Gasteiger partial charge is 0.497 e. The molecule has 0 aromatic heterocycles. The Morgan fingerprint density at radius 2 is 2.00 bits per heavy atom. The first kappa shape index (κ1) is 19.5. The van der Waals surface area contributed by atoms with Crippen molar-refractivity contribution in [3.05, 3.63) is 29.8 Å². The molecule has 23 heavy (non-hydrogen) atoms. The second kappa shape index (κ2) is 11.9. The van der Waals surface area contributed by atoms with Crippen molar-refractivity contribution in [3.8, 4) is 5.75 Å². The number of rotatable bonds is 12. The molecule has 0 atom stereocenters. The van der Waals surface area contributed by atoms with Crippen molar-refractivity contribution in [1.82, 2.24) is 10.2 Å². The van der Waals surface area contributed by atoms with Gasteiger partial charge < -0.3 is 19.7 Å². The summed E-state index contributed by atoms with van der Waals surface area (Å²) in [6.07, 6.45) is 1.19. The predicted octanol–water partition coefficient (Wildman–Crippen LogP) is 2.10. The number of carbonyl (C=O) groups excluding carboxylic acids is 1. The summed E-state index contributed by atoms with van der Waals surface area (Å²) in [5, 5.41) is 2.89. The van der Waals surface area contributed by atoms with E-state index < -0.39 is 0 Å². The van der Waals surface area contributed by atoms with Crippen molar-refractivity contribution in [2.24, 2.45) is 0 Å². The van der Waals surface area contributed by atoms with Gasteiger partial charge in [-0.25, -0.2) is 0 Å². The molecular formula is C18H30N2O3. The Hall–Kier alpha value is -1.59. The van der Waals surface area contributed by atoms with Gasteiger partial charge in [-0.05, 0) is 37.2 Å². The first-order valence-electron chi connectivity index (χ1n) is 8.39. The highest BCUT2D eigenvalue weighted by atomic mass is 16.5. The molecule has 0 radical (unpaired) electrons. The normalized spacial score (nSPS) is 10.8. The van der Waals surface area contributed by atoms with Crippen LogP contribution in [0.5, 0.6) is 5.75 Å². The van der Waals surface area contributed by atoms with Crippen LogP contribution in [0.3, 0.4) is 0 Å². The lowest BCUT2D eigenvalue weighted by Gasteiger charge is -2.17. The predicted molar refractivity (Wildman–Crippen MR) is 92.9 cm³/mol. The van der Waals surface area contributed by atoms with Crippen LogP contribution in [0.4, 0.5) is 0 Å². The van der Waals surface area contributed by atoms with E-state index in [1.807, 2.05) is 24.3 Å². The van der Waals surface area contributed by atoms with E-state index in [0.29, 0.717) is 32.6 Å². The lowest BCUT2D eigenvalue weighted by molar-refractivity contribution is -0.121. The van der Waals surface area contributed by atoms with Crippen molar-refractivity contribution in [3.63, 3.8) is 0 Å². The van der Waals surface area contributed by atoms with Crippen LogP contribution in [0, 0.1) is 0 Å². The summed E-state index contributed by atoms with van der Waals surface area (Å²) in [6.45, 7) is 9.15. The average Bonchev–Trinajstić information content (AvgIpc) is 2.59. The van der Waals surface area contributed by atoms with Gasteiger partial charge in [-0.2, -0.15) is 0 Å². The maximum Gasteiger partial charge on any atom is 0.220 e. The van der Waals surface area contributed by atoms with E-state index in [-0.39, 0.29) is 5.91 Å². The summed E-state index contributed by atoms with van der Waals surface area (Å²) >= 11 is 0. The maximum atomic E-state index is 11.8. The molecule has 1 rings (SSSR count). The van der Waals surface area contributed by atoms with Crippen LogP contribution in [0.2, 0.25) is 0 Å². The lowest BCUT2D eigenvalue weighted by atomic mass is 10.1. The van der Waals surface area contributed by atoms with Crippen LogP contribution >= 0.6 is 0 Å².